The third-order valence-corrected chi connectivity index (χ3v) is 6.18. The van der Waals surface area contributed by atoms with Gasteiger partial charge in [-0.1, -0.05) is 5.16 Å². The number of furan rings is 1. The number of sulfonamides is 1. The van der Waals surface area contributed by atoms with Gasteiger partial charge in [-0.25, -0.2) is 18.1 Å². The molecule has 0 fully saturated rings. The van der Waals surface area contributed by atoms with Crippen LogP contribution in [-0.2, 0) is 10.0 Å². The van der Waals surface area contributed by atoms with E-state index in [0.29, 0.717) is 33.8 Å². The summed E-state index contributed by atoms with van der Waals surface area (Å²) < 4.78 is 42.9. The molecule has 0 bridgehead atoms. The van der Waals surface area contributed by atoms with E-state index in [-0.39, 0.29) is 23.7 Å². The third kappa shape index (κ3) is 4.34. The van der Waals surface area contributed by atoms with Crippen molar-refractivity contribution in [3.63, 3.8) is 0 Å². The van der Waals surface area contributed by atoms with Crippen molar-refractivity contribution >= 4 is 27.0 Å². The second kappa shape index (κ2) is 8.81. The SMILES string of the molecule is COc1ccc(S(=O)(=O)NCCNC(=O)c2cc(-c3ccco3)nc3onc(C)c23)cc1. The number of nitrogens with one attached hydrogen (secondary N) is 2. The van der Waals surface area contributed by atoms with Gasteiger partial charge in [-0.2, -0.15) is 0 Å². The normalized spacial score (nSPS) is 11.6. The molecular weight excluding hydrogens is 436 g/mol. The molecule has 3 heterocycles. The van der Waals surface area contributed by atoms with E-state index in [1.807, 2.05) is 0 Å². The number of amides is 1. The highest BCUT2D eigenvalue weighted by atomic mass is 32.2. The summed E-state index contributed by atoms with van der Waals surface area (Å²) in [5.74, 6) is 0.611. The van der Waals surface area contributed by atoms with E-state index in [4.69, 9.17) is 13.7 Å². The summed E-state index contributed by atoms with van der Waals surface area (Å²) in [5.41, 5.74) is 1.45. The fourth-order valence-corrected chi connectivity index (χ4v) is 4.15. The summed E-state index contributed by atoms with van der Waals surface area (Å²) in [4.78, 5) is 17.3. The van der Waals surface area contributed by atoms with E-state index >= 15 is 0 Å². The van der Waals surface area contributed by atoms with Crippen molar-refractivity contribution < 1.29 is 26.9 Å². The van der Waals surface area contributed by atoms with Crippen LogP contribution in [0.1, 0.15) is 16.1 Å². The molecule has 11 heteroatoms. The number of methoxy groups -OCH3 is 1. The van der Waals surface area contributed by atoms with Crippen molar-refractivity contribution in [2.45, 2.75) is 11.8 Å². The van der Waals surface area contributed by atoms with Crippen molar-refractivity contribution in [1.82, 2.24) is 20.2 Å². The number of ether oxygens (including phenoxy) is 1. The number of aryl methyl sites for hydroxylation is 1. The summed E-state index contributed by atoms with van der Waals surface area (Å²) in [7, 11) is -2.22. The zero-order valence-corrected chi connectivity index (χ0v) is 18.1. The number of hydrogen-bond acceptors (Lipinski definition) is 8. The van der Waals surface area contributed by atoms with Gasteiger partial charge < -0.3 is 19.0 Å². The maximum atomic E-state index is 12.9. The van der Waals surface area contributed by atoms with Crippen molar-refractivity contribution in [3.8, 4) is 17.2 Å². The predicted molar refractivity (Wildman–Crippen MR) is 115 cm³/mol. The maximum Gasteiger partial charge on any atom is 0.259 e. The zero-order chi connectivity index (χ0) is 22.7. The summed E-state index contributed by atoms with van der Waals surface area (Å²) in [6.07, 6.45) is 1.50. The number of benzene rings is 1. The number of fused-ring (bicyclic) bond motifs is 1. The van der Waals surface area contributed by atoms with Gasteiger partial charge in [0.1, 0.15) is 11.4 Å². The first kappa shape index (κ1) is 21.5. The number of hydrogen-bond donors (Lipinski definition) is 2. The van der Waals surface area contributed by atoms with Gasteiger partial charge in [0.2, 0.25) is 10.0 Å². The van der Waals surface area contributed by atoms with E-state index < -0.39 is 15.9 Å². The third-order valence-electron chi connectivity index (χ3n) is 4.71. The van der Waals surface area contributed by atoms with E-state index in [9.17, 15) is 13.2 Å². The Balaban J connectivity index is 1.45. The minimum absolute atomic E-state index is 0.00197. The van der Waals surface area contributed by atoms with Gasteiger partial charge in [-0.05, 0) is 49.4 Å². The molecular formula is C21H20N4O6S. The van der Waals surface area contributed by atoms with Crippen molar-refractivity contribution in [2.24, 2.45) is 0 Å². The molecule has 0 saturated heterocycles. The molecule has 4 rings (SSSR count). The molecule has 0 aliphatic heterocycles. The number of carbonyl (C=O) groups is 1. The van der Waals surface area contributed by atoms with Crippen LogP contribution in [0.15, 0.2) is 62.6 Å². The lowest BCUT2D eigenvalue weighted by Crippen LogP contribution is -2.34. The number of pyridine rings is 1. The summed E-state index contributed by atoms with van der Waals surface area (Å²) in [5, 5.41) is 7.08. The molecule has 0 unspecified atom stereocenters. The van der Waals surface area contributed by atoms with Crippen molar-refractivity contribution in [3.05, 3.63) is 60.0 Å². The lowest BCUT2D eigenvalue weighted by Gasteiger charge is -2.09. The lowest BCUT2D eigenvalue weighted by atomic mass is 10.1. The van der Waals surface area contributed by atoms with Crippen LogP contribution in [0.3, 0.4) is 0 Å². The fraction of sp³-hybridized carbons (Fsp3) is 0.190. The Labute approximate surface area is 183 Å². The highest BCUT2D eigenvalue weighted by molar-refractivity contribution is 7.89. The average Bonchev–Trinajstić information content (AvgIpc) is 3.46. The average molecular weight is 456 g/mol. The topological polar surface area (TPSA) is 137 Å². The lowest BCUT2D eigenvalue weighted by molar-refractivity contribution is 0.0956. The highest BCUT2D eigenvalue weighted by Crippen LogP contribution is 2.27. The number of carbonyl (C=O) groups excluding carboxylic acids is 1. The molecule has 166 valence electrons. The molecule has 1 aromatic carbocycles. The summed E-state index contributed by atoms with van der Waals surface area (Å²) in [6, 6.07) is 11.0. The van der Waals surface area contributed by atoms with Gasteiger partial charge in [0.15, 0.2) is 5.76 Å². The first-order chi connectivity index (χ1) is 15.4. The monoisotopic (exact) mass is 456 g/mol. The van der Waals surface area contributed by atoms with E-state index in [2.05, 4.69) is 20.2 Å². The van der Waals surface area contributed by atoms with Crippen LogP contribution in [0.2, 0.25) is 0 Å². The van der Waals surface area contributed by atoms with Crippen molar-refractivity contribution in [1.29, 1.82) is 0 Å². The fourth-order valence-electron chi connectivity index (χ4n) is 3.12. The van der Waals surface area contributed by atoms with E-state index in [0.717, 1.165) is 0 Å². The molecule has 0 aliphatic rings. The van der Waals surface area contributed by atoms with Crippen LogP contribution in [0.4, 0.5) is 0 Å². The first-order valence-electron chi connectivity index (χ1n) is 9.62. The molecule has 2 N–H and O–H groups in total. The van der Waals surface area contributed by atoms with Gasteiger partial charge in [-0.3, -0.25) is 4.79 Å². The smallest absolute Gasteiger partial charge is 0.259 e. The number of aromatic nitrogens is 2. The van der Waals surface area contributed by atoms with Crippen LogP contribution in [0.25, 0.3) is 22.6 Å². The quantitative estimate of drug-likeness (QED) is 0.386. The minimum Gasteiger partial charge on any atom is -0.497 e. The maximum absolute atomic E-state index is 12.9. The van der Waals surface area contributed by atoms with Gasteiger partial charge in [0.25, 0.3) is 11.6 Å². The van der Waals surface area contributed by atoms with E-state index in [1.54, 1.807) is 37.3 Å². The largest absolute Gasteiger partial charge is 0.497 e. The van der Waals surface area contributed by atoms with Crippen LogP contribution >= 0.6 is 0 Å². The van der Waals surface area contributed by atoms with Gasteiger partial charge in [0.05, 0.1) is 34.9 Å². The summed E-state index contributed by atoms with van der Waals surface area (Å²) >= 11 is 0. The summed E-state index contributed by atoms with van der Waals surface area (Å²) in [6.45, 7) is 1.78. The Hall–Kier alpha value is -3.70. The molecule has 10 nitrogen and oxygen atoms in total. The Morgan fingerprint density at radius 1 is 1.16 bits per heavy atom. The molecule has 3 aromatic heterocycles. The molecule has 4 aromatic rings. The molecule has 0 saturated carbocycles. The molecule has 0 radical (unpaired) electrons. The van der Waals surface area contributed by atoms with Gasteiger partial charge in [-0.15, -0.1) is 0 Å². The minimum atomic E-state index is -3.72. The molecule has 0 spiro atoms. The van der Waals surface area contributed by atoms with Crippen molar-refractivity contribution in [2.75, 3.05) is 20.2 Å². The molecule has 0 atom stereocenters. The van der Waals surface area contributed by atoms with Gasteiger partial charge in [0, 0.05) is 13.1 Å². The van der Waals surface area contributed by atoms with Crippen LogP contribution in [0, 0.1) is 6.92 Å². The molecule has 32 heavy (non-hydrogen) atoms. The van der Waals surface area contributed by atoms with Crippen LogP contribution < -0.4 is 14.8 Å². The number of nitrogens with zero attached hydrogens (tertiary/aromatic N) is 2. The molecule has 1 amide bonds. The highest BCUT2D eigenvalue weighted by Gasteiger charge is 2.20. The van der Waals surface area contributed by atoms with Crippen LogP contribution in [0.5, 0.6) is 5.75 Å². The van der Waals surface area contributed by atoms with Crippen LogP contribution in [-0.4, -0.2) is 44.7 Å². The Bertz CT molecular complexity index is 1350. The second-order valence-corrected chi connectivity index (χ2v) is 8.58. The molecule has 0 aliphatic carbocycles. The zero-order valence-electron chi connectivity index (χ0n) is 17.3. The first-order valence-corrected chi connectivity index (χ1v) is 11.1. The predicted octanol–water partition coefficient (Wildman–Crippen LogP) is 2.51. The Morgan fingerprint density at radius 2 is 1.94 bits per heavy atom. The Morgan fingerprint density at radius 3 is 2.62 bits per heavy atom. The van der Waals surface area contributed by atoms with Gasteiger partial charge >= 0.3 is 0 Å². The van der Waals surface area contributed by atoms with E-state index in [1.165, 1.54) is 25.5 Å². The Kier molecular flexibility index (Phi) is 5.93. The second-order valence-electron chi connectivity index (χ2n) is 6.81. The number of rotatable bonds is 8. The standard InChI is InChI=1S/C21H20N4O6S/c1-13-19-16(12-17(18-4-3-11-30-18)24-21(19)31-25-13)20(26)22-9-10-23-32(27,28)15-7-5-14(29-2)6-8-15/h3-8,11-12,23H,9-10H2,1-2H3,(H,22,26).